The van der Waals surface area contributed by atoms with Gasteiger partial charge >= 0.3 is 0 Å². The first-order valence-electron chi connectivity index (χ1n) is 5.46. The number of hydrogen-bond acceptors (Lipinski definition) is 2. The van der Waals surface area contributed by atoms with Crippen LogP contribution < -0.4 is 10.6 Å². The molecule has 0 heterocycles. The lowest BCUT2D eigenvalue weighted by atomic mass is 10.1. The number of halogens is 1. The van der Waals surface area contributed by atoms with Gasteiger partial charge in [-0.3, -0.25) is 0 Å². The first-order chi connectivity index (χ1) is 7.22. The zero-order valence-corrected chi connectivity index (χ0v) is 9.46. The van der Waals surface area contributed by atoms with E-state index in [1.165, 1.54) is 12.1 Å². The van der Waals surface area contributed by atoms with E-state index in [-0.39, 0.29) is 5.82 Å². The topological polar surface area (TPSA) is 29.3 Å². The van der Waals surface area contributed by atoms with Crippen LogP contribution in [-0.4, -0.2) is 13.1 Å². The van der Waals surface area contributed by atoms with E-state index in [0.717, 1.165) is 30.8 Å². The summed E-state index contributed by atoms with van der Waals surface area (Å²) in [5, 5.41) is 0. The molecule has 84 valence electrons. The Morgan fingerprint density at radius 2 is 2.07 bits per heavy atom. The van der Waals surface area contributed by atoms with Gasteiger partial charge in [-0.1, -0.05) is 6.92 Å². The summed E-state index contributed by atoms with van der Waals surface area (Å²) in [6.07, 6.45) is 1.08. The molecule has 0 aliphatic carbocycles. The lowest BCUT2D eigenvalue weighted by Crippen LogP contribution is -2.25. The van der Waals surface area contributed by atoms with Crippen molar-refractivity contribution in [3.63, 3.8) is 0 Å². The molecule has 0 saturated heterocycles. The summed E-state index contributed by atoms with van der Waals surface area (Å²) in [6, 6.07) is 4.83. The average molecular weight is 210 g/mol. The van der Waals surface area contributed by atoms with Crippen LogP contribution in [0.2, 0.25) is 0 Å². The third-order valence-electron chi connectivity index (χ3n) is 2.48. The Bertz CT molecular complexity index is 312. The molecule has 0 amide bonds. The number of hydrogen-bond donors (Lipinski definition) is 1. The van der Waals surface area contributed by atoms with E-state index < -0.39 is 0 Å². The lowest BCUT2D eigenvalue weighted by Gasteiger charge is -2.25. The molecule has 0 unspecified atom stereocenters. The molecule has 1 aromatic rings. The van der Waals surface area contributed by atoms with Gasteiger partial charge in [-0.15, -0.1) is 0 Å². The van der Waals surface area contributed by atoms with Crippen LogP contribution in [0.1, 0.15) is 25.8 Å². The Morgan fingerprint density at radius 1 is 1.33 bits per heavy atom. The Hall–Kier alpha value is -1.09. The number of nitrogens with zero attached hydrogens (tertiary/aromatic N) is 1. The molecular formula is C12H19FN2. The Kier molecular flexibility index (Phi) is 4.56. The summed E-state index contributed by atoms with van der Waals surface area (Å²) >= 11 is 0. The van der Waals surface area contributed by atoms with Crippen molar-refractivity contribution in [2.75, 3.05) is 18.0 Å². The van der Waals surface area contributed by atoms with E-state index in [2.05, 4.69) is 18.7 Å². The molecule has 3 heteroatoms. The Morgan fingerprint density at radius 3 is 2.60 bits per heavy atom. The second kappa shape index (κ2) is 5.71. The van der Waals surface area contributed by atoms with Gasteiger partial charge in [0.05, 0.1) is 0 Å². The zero-order chi connectivity index (χ0) is 11.3. The van der Waals surface area contributed by atoms with Crippen molar-refractivity contribution in [3.05, 3.63) is 29.6 Å². The molecule has 0 bridgehead atoms. The van der Waals surface area contributed by atoms with Gasteiger partial charge < -0.3 is 10.6 Å². The third kappa shape index (κ3) is 2.93. The fraction of sp³-hybridized carbons (Fsp3) is 0.500. The maximum Gasteiger partial charge on any atom is 0.123 e. The lowest BCUT2D eigenvalue weighted by molar-refractivity contribution is 0.624. The summed E-state index contributed by atoms with van der Waals surface area (Å²) in [7, 11) is 0. The van der Waals surface area contributed by atoms with Crippen molar-refractivity contribution in [1.29, 1.82) is 0 Å². The first kappa shape index (κ1) is 12.0. The molecular weight excluding hydrogens is 191 g/mol. The molecule has 2 nitrogen and oxygen atoms in total. The fourth-order valence-electron chi connectivity index (χ4n) is 1.74. The van der Waals surface area contributed by atoms with Gasteiger partial charge in [-0.2, -0.15) is 0 Å². The zero-order valence-electron chi connectivity index (χ0n) is 9.46. The van der Waals surface area contributed by atoms with E-state index in [4.69, 9.17) is 5.73 Å². The van der Waals surface area contributed by atoms with Gasteiger partial charge in [0.2, 0.25) is 0 Å². The summed E-state index contributed by atoms with van der Waals surface area (Å²) < 4.78 is 13.0. The van der Waals surface area contributed by atoms with Crippen molar-refractivity contribution >= 4 is 5.69 Å². The van der Waals surface area contributed by atoms with Crippen LogP contribution in [0.3, 0.4) is 0 Å². The normalized spacial score (nSPS) is 10.4. The Balaban J connectivity index is 2.99. The summed E-state index contributed by atoms with van der Waals surface area (Å²) in [5.74, 6) is -0.216. The molecule has 0 radical (unpaired) electrons. The molecule has 2 N–H and O–H groups in total. The van der Waals surface area contributed by atoms with Gasteiger partial charge in [-0.25, -0.2) is 4.39 Å². The summed E-state index contributed by atoms with van der Waals surface area (Å²) in [6.45, 7) is 6.52. The smallest absolute Gasteiger partial charge is 0.123 e. The fourth-order valence-corrected chi connectivity index (χ4v) is 1.74. The highest BCUT2D eigenvalue weighted by Gasteiger charge is 2.08. The monoisotopic (exact) mass is 210 g/mol. The minimum absolute atomic E-state index is 0.216. The van der Waals surface area contributed by atoms with Gasteiger partial charge in [0.1, 0.15) is 5.82 Å². The van der Waals surface area contributed by atoms with Crippen LogP contribution in [0.25, 0.3) is 0 Å². The highest BCUT2D eigenvalue weighted by molar-refractivity contribution is 5.53. The summed E-state index contributed by atoms with van der Waals surface area (Å²) in [4.78, 5) is 2.22. The first-order valence-corrected chi connectivity index (χ1v) is 5.46. The average Bonchev–Trinajstić information content (AvgIpc) is 2.26. The second-order valence-electron chi connectivity index (χ2n) is 3.56. The molecule has 0 spiro atoms. The number of anilines is 1. The molecule has 0 aliphatic rings. The van der Waals surface area contributed by atoms with Gasteiger partial charge in [0, 0.05) is 25.3 Å². The molecule has 0 fully saturated rings. The molecule has 0 aliphatic heterocycles. The predicted molar refractivity (Wildman–Crippen MR) is 62.5 cm³/mol. The van der Waals surface area contributed by atoms with Crippen LogP contribution in [-0.2, 0) is 6.54 Å². The van der Waals surface area contributed by atoms with Gasteiger partial charge in [0.25, 0.3) is 0 Å². The van der Waals surface area contributed by atoms with E-state index in [1.54, 1.807) is 0 Å². The highest BCUT2D eigenvalue weighted by Crippen LogP contribution is 2.21. The van der Waals surface area contributed by atoms with Crippen molar-refractivity contribution < 1.29 is 4.39 Å². The number of nitrogens with two attached hydrogens (primary N) is 1. The van der Waals surface area contributed by atoms with Crippen LogP contribution in [0, 0.1) is 5.82 Å². The number of benzene rings is 1. The third-order valence-corrected chi connectivity index (χ3v) is 2.48. The maximum absolute atomic E-state index is 13.0. The maximum atomic E-state index is 13.0. The Labute approximate surface area is 90.9 Å². The minimum Gasteiger partial charge on any atom is -0.372 e. The summed E-state index contributed by atoms with van der Waals surface area (Å²) in [5.41, 5.74) is 7.55. The van der Waals surface area contributed by atoms with Gasteiger partial charge in [-0.05, 0) is 37.1 Å². The molecule has 0 aromatic heterocycles. The quantitative estimate of drug-likeness (QED) is 0.809. The molecule has 15 heavy (non-hydrogen) atoms. The standard InChI is InChI=1S/C12H19FN2/c1-3-7-15(4-2)12-6-5-11(13)8-10(12)9-14/h5-6,8H,3-4,7,9,14H2,1-2H3. The molecule has 1 rings (SSSR count). The van der Waals surface area contributed by atoms with Crippen LogP contribution >= 0.6 is 0 Å². The second-order valence-corrected chi connectivity index (χ2v) is 3.56. The van der Waals surface area contributed by atoms with Crippen molar-refractivity contribution in [1.82, 2.24) is 0 Å². The minimum atomic E-state index is -0.216. The van der Waals surface area contributed by atoms with E-state index in [9.17, 15) is 4.39 Å². The van der Waals surface area contributed by atoms with E-state index >= 15 is 0 Å². The van der Waals surface area contributed by atoms with Crippen molar-refractivity contribution in [2.45, 2.75) is 26.8 Å². The van der Waals surface area contributed by atoms with Crippen LogP contribution in [0.15, 0.2) is 18.2 Å². The highest BCUT2D eigenvalue weighted by atomic mass is 19.1. The largest absolute Gasteiger partial charge is 0.372 e. The van der Waals surface area contributed by atoms with E-state index in [0.29, 0.717) is 6.54 Å². The molecule has 0 atom stereocenters. The van der Waals surface area contributed by atoms with Gasteiger partial charge in [0.15, 0.2) is 0 Å². The van der Waals surface area contributed by atoms with Crippen molar-refractivity contribution in [3.8, 4) is 0 Å². The van der Waals surface area contributed by atoms with Crippen molar-refractivity contribution in [2.24, 2.45) is 5.73 Å². The molecule has 0 saturated carbocycles. The predicted octanol–water partition coefficient (Wildman–Crippen LogP) is 2.52. The van der Waals surface area contributed by atoms with Crippen LogP contribution in [0.5, 0.6) is 0 Å². The SMILES string of the molecule is CCCN(CC)c1ccc(F)cc1CN. The molecule has 1 aromatic carbocycles. The van der Waals surface area contributed by atoms with Crippen LogP contribution in [0.4, 0.5) is 10.1 Å². The van der Waals surface area contributed by atoms with E-state index in [1.807, 2.05) is 6.07 Å². The number of rotatable bonds is 5.